The summed E-state index contributed by atoms with van der Waals surface area (Å²) in [5.74, 6) is 3.26. The first-order valence-corrected chi connectivity index (χ1v) is 10.5. The van der Waals surface area contributed by atoms with Crippen molar-refractivity contribution in [3.8, 4) is 11.5 Å². The number of rotatable bonds is 8. The first kappa shape index (κ1) is 25.9. The van der Waals surface area contributed by atoms with Gasteiger partial charge in [0, 0.05) is 83.9 Å². The number of ether oxygens (including phenoxy) is 2. The molecule has 0 amide bonds. The van der Waals surface area contributed by atoms with Gasteiger partial charge in [-0.05, 0) is 18.2 Å². The number of guanidine groups is 1. The van der Waals surface area contributed by atoms with Crippen molar-refractivity contribution in [2.45, 2.75) is 6.54 Å². The highest BCUT2D eigenvalue weighted by molar-refractivity contribution is 14.0. The number of aliphatic imine (C=N–C) groups is 1. The molecule has 1 aromatic carbocycles. The molecule has 2 heterocycles. The maximum atomic E-state index is 5.52. The van der Waals surface area contributed by atoms with E-state index in [0.717, 1.165) is 68.2 Å². The fraction of sp³-hybridized carbons (Fsp3) is 0.500. The highest BCUT2D eigenvalue weighted by atomic mass is 127. The summed E-state index contributed by atoms with van der Waals surface area (Å²) in [5.41, 5.74) is 1.08. The number of anilines is 1. The van der Waals surface area contributed by atoms with E-state index >= 15 is 0 Å². The van der Waals surface area contributed by atoms with Gasteiger partial charge in [0.2, 0.25) is 5.95 Å². The van der Waals surface area contributed by atoms with Gasteiger partial charge in [-0.1, -0.05) is 0 Å². The second-order valence-corrected chi connectivity index (χ2v) is 7.39. The lowest BCUT2D eigenvalue weighted by atomic mass is 10.2. The molecule has 1 saturated heterocycles. The average molecular weight is 555 g/mol. The molecule has 32 heavy (non-hydrogen) atoms. The normalized spacial score (nSPS) is 14.5. The minimum absolute atomic E-state index is 0. The van der Waals surface area contributed by atoms with Crippen LogP contribution in [-0.4, -0.2) is 93.3 Å². The van der Waals surface area contributed by atoms with Gasteiger partial charge in [-0.15, -0.1) is 24.0 Å². The maximum Gasteiger partial charge on any atom is 0.225 e. The highest BCUT2D eigenvalue weighted by Gasteiger charge is 2.18. The molecular weight excluding hydrogens is 521 g/mol. The van der Waals surface area contributed by atoms with Gasteiger partial charge in [0.15, 0.2) is 5.96 Å². The van der Waals surface area contributed by atoms with Crippen LogP contribution in [0, 0.1) is 0 Å². The summed E-state index contributed by atoms with van der Waals surface area (Å²) in [7, 11) is 7.16. The molecule has 0 spiro atoms. The molecular formula is C22H34IN7O2. The Bertz CT molecular complexity index is 845. The Morgan fingerprint density at radius 3 is 2.47 bits per heavy atom. The maximum absolute atomic E-state index is 5.52. The number of benzene rings is 1. The van der Waals surface area contributed by atoms with Crippen LogP contribution < -0.4 is 19.7 Å². The fourth-order valence-electron chi connectivity index (χ4n) is 3.65. The molecule has 2 aromatic rings. The Morgan fingerprint density at radius 1 is 1.12 bits per heavy atom. The predicted molar refractivity (Wildman–Crippen MR) is 138 cm³/mol. The third-order valence-electron chi connectivity index (χ3n) is 5.39. The van der Waals surface area contributed by atoms with Gasteiger partial charge < -0.3 is 24.6 Å². The molecule has 176 valence electrons. The molecule has 1 aliphatic heterocycles. The van der Waals surface area contributed by atoms with Crippen molar-refractivity contribution in [3.63, 3.8) is 0 Å². The van der Waals surface area contributed by atoms with Crippen LogP contribution in [0.2, 0.25) is 0 Å². The standard InChI is InChI=1S/C22H33N7O2.HI/c1-23-21(27(2)17-18-6-7-19(30-3)16-20(18)31-4)26-10-11-28-12-14-29(15-13-28)22-24-8-5-9-25-22;/h5-9,16H,10-15,17H2,1-4H3,(H,23,26);1H. The minimum Gasteiger partial charge on any atom is -0.497 e. The van der Waals surface area contributed by atoms with Crippen molar-refractivity contribution in [1.82, 2.24) is 25.1 Å². The Labute approximate surface area is 207 Å². The molecule has 1 N–H and O–H groups in total. The number of hydrogen-bond donors (Lipinski definition) is 1. The second-order valence-electron chi connectivity index (χ2n) is 7.39. The van der Waals surface area contributed by atoms with Crippen molar-refractivity contribution in [3.05, 3.63) is 42.2 Å². The molecule has 0 aliphatic carbocycles. The van der Waals surface area contributed by atoms with E-state index in [0.29, 0.717) is 6.54 Å². The van der Waals surface area contributed by atoms with Crippen LogP contribution in [-0.2, 0) is 6.54 Å². The lowest BCUT2D eigenvalue weighted by Gasteiger charge is -2.34. The predicted octanol–water partition coefficient (Wildman–Crippen LogP) is 1.94. The van der Waals surface area contributed by atoms with Crippen molar-refractivity contribution in [1.29, 1.82) is 0 Å². The molecule has 0 radical (unpaired) electrons. The largest absolute Gasteiger partial charge is 0.497 e. The molecule has 1 fully saturated rings. The van der Waals surface area contributed by atoms with E-state index in [-0.39, 0.29) is 24.0 Å². The van der Waals surface area contributed by atoms with Gasteiger partial charge in [0.25, 0.3) is 0 Å². The van der Waals surface area contributed by atoms with Gasteiger partial charge >= 0.3 is 0 Å². The zero-order valence-electron chi connectivity index (χ0n) is 19.3. The van der Waals surface area contributed by atoms with Crippen LogP contribution in [0.15, 0.2) is 41.7 Å². The Morgan fingerprint density at radius 2 is 1.84 bits per heavy atom. The summed E-state index contributed by atoms with van der Waals surface area (Å²) >= 11 is 0. The molecule has 9 nitrogen and oxygen atoms in total. The zero-order chi connectivity index (χ0) is 22.1. The molecule has 0 saturated carbocycles. The van der Waals surface area contributed by atoms with Gasteiger partial charge in [-0.25, -0.2) is 9.97 Å². The molecule has 1 aliphatic rings. The van der Waals surface area contributed by atoms with Gasteiger partial charge in [-0.2, -0.15) is 0 Å². The third kappa shape index (κ3) is 7.09. The van der Waals surface area contributed by atoms with Crippen LogP contribution in [0.4, 0.5) is 5.95 Å². The number of hydrogen-bond acceptors (Lipinski definition) is 7. The first-order valence-electron chi connectivity index (χ1n) is 10.5. The molecule has 10 heteroatoms. The van der Waals surface area contributed by atoms with Gasteiger partial charge in [0.1, 0.15) is 11.5 Å². The fourth-order valence-corrected chi connectivity index (χ4v) is 3.65. The van der Waals surface area contributed by atoms with Gasteiger partial charge in [0.05, 0.1) is 14.2 Å². The van der Waals surface area contributed by atoms with Crippen LogP contribution in [0.3, 0.4) is 0 Å². The number of aromatic nitrogens is 2. The van der Waals surface area contributed by atoms with E-state index in [2.05, 4.69) is 35.0 Å². The van der Waals surface area contributed by atoms with Crippen LogP contribution in [0.25, 0.3) is 0 Å². The Kier molecular flexibility index (Phi) is 10.7. The monoisotopic (exact) mass is 555 g/mol. The Hall–Kier alpha value is -2.34. The van der Waals surface area contributed by atoms with Crippen molar-refractivity contribution >= 4 is 35.9 Å². The summed E-state index contributed by atoms with van der Waals surface area (Å²) in [6.45, 7) is 6.35. The molecule has 3 rings (SSSR count). The zero-order valence-corrected chi connectivity index (χ0v) is 21.7. The number of piperazine rings is 1. The average Bonchev–Trinajstić information content (AvgIpc) is 2.83. The molecule has 1 aromatic heterocycles. The van der Waals surface area contributed by atoms with E-state index in [9.17, 15) is 0 Å². The van der Waals surface area contributed by atoms with Crippen LogP contribution in [0.5, 0.6) is 11.5 Å². The van der Waals surface area contributed by atoms with E-state index in [1.807, 2.05) is 38.4 Å². The molecule has 0 bridgehead atoms. The van der Waals surface area contributed by atoms with Gasteiger partial charge in [-0.3, -0.25) is 9.89 Å². The topological polar surface area (TPSA) is 78.4 Å². The number of nitrogens with one attached hydrogen (secondary N) is 1. The van der Waals surface area contributed by atoms with Crippen LogP contribution in [0.1, 0.15) is 5.56 Å². The summed E-state index contributed by atoms with van der Waals surface area (Å²) in [4.78, 5) is 19.9. The second kappa shape index (κ2) is 13.3. The lowest BCUT2D eigenvalue weighted by Crippen LogP contribution is -2.49. The first-order chi connectivity index (χ1) is 15.1. The molecule has 0 atom stereocenters. The minimum atomic E-state index is 0. The lowest BCUT2D eigenvalue weighted by molar-refractivity contribution is 0.259. The quantitative estimate of drug-likeness (QED) is 0.301. The summed E-state index contributed by atoms with van der Waals surface area (Å²) < 4.78 is 10.8. The Balaban J connectivity index is 0.00000363. The van der Waals surface area contributed by atoms with Crippen molar-refractivity contribution in [2.24, 2.45) is 4.99 Å². The van der Waals surface area contributed by atoms with E-state index < -0.39 is 0 Å². The molecule has 0 unspecified atom stereocenters. The van der Waals surface area contributed by atoms with Crippen molar-refractivity contribution in [2.75, 3.05) is 72.5 Å². The smallest absolute Gasteiger partial charge is 0.225 e. The van der Waals surface area contributed by atoms with E-state index in [1.54, 1.807) is 26.6 Å². The SMILES string of the molecule is CN=C(NCCN1CCN(c2ncccn2)CC1)N(C)Cc1ccc(OC)cc1OC.I. The van der Waals surface area contributed by atoms with E-state index in [1.165, 1.54) is 0 Å². The summed E-state index contributed by atoms with van der Waals surface area (Å²) in [6, 6.07) is 7.72. The number of methoxy groups -OCH3 is 2. The van der Waals surface area contributed by atoms with Crippen molar-refractivity contribution < 1.29 is 9.47 Å². The van der Waals surface area contributed by atoms with Crippen LogP contribution >= 0.6 is 24.0 Å². The highest BCUT2D eigenvalue weighted by Crippen LogP contribution is 2.25. The summed E-state index contributed by atoms with van der Waals surface area (Å²) in [5, 5.41) is 3.47. The number of halogens is 1. The number of nitrogens with zero attached hydrogens (tertiary/aromatic N) is 6. The van der Waals surface area contributed by atoms with E-state index in [4.69, 9.17) is 9.47 Å². The summed E-state index contributed by atoms with van der Waals surface area (Å²) in [6.07, 6.45) is 3.59. The third-order valence-corrected chi connectivity index (χ3v) is 5.39.